The van der Waals surface area contributed by atoms with Gasteiger partial charge in [-0.2, -0.15) is 5.26 Å². The van der Waals surface area contributed by atoms with E-state index in [4.69, 9.17) is 10.00 Å². The van der Waals surface area contributed by atoms with Crippen molar-refractivity contribution in [1.82, 2.24) is 9.88 Å². The number of hydrogen-bond donors (Lipinski definition) is 0. The zero-order valence-corrected chi connectivity index (χ0v) is 12.1. The average molecular weight is 271 g/mol. The van der Waals surface area contributed by atoms with Gasteiger partial charge in [0.2, 0.25) is 5.88 Å². The maximum Gasteiger partial charge on any atom is 0.265 e. The van der Waals surface area contributed by atoms with Crippen LogP contribution in [-0.4, -0.2) is 41.7 Å². The van der Waals surface area contributed by atoms with E-state index < -0.39 is 5.60 Å². The van der Waals surface area contributed by atoms with Gasteiger partial charge < -0.3 is 9.64 Å². The highest BCUT2D eigenvalue weighted by Gasteiger charge is 2.38. The highest BCUT2D eigenvalue weighted by Crippen LogP contribution is 2.23. The van der Waals surface area contributed by atoms with Crippen LogP contribution >= 0.6 is 0 Å². The van der Waals surface area contributed by atoms with E-state index >= 15 is 0 Å². The summed E-state index contributed by atoms with van der Waals surface area (Å²) in [6.45, 7) is 4.29. The number of hydrogen-bond acceptors (Lipinski definition) is 4. The second kappa shape index (κ2) is 5.54. The molecule has 1 amide bonds. The Morgan fingerprint density at radius 1 is 1.60 bits per heavy atom. The third-order valence-electron chi connectivity index (χ3n) is 3.55. The molecule has 5 nitrogen and oxygen atoms in total. The van der Waals surface area contributed by atoms with Crippen LogP contribution in [0.25, 0.3) is 0 Å². The number of pyridine rings is 1. The number of rotatable bonds is 3. The summed E-state index contributed by atoms with van der Waals surface area (Å²) in [6.07, 6.45) is 3.52. The smallest absolute Gasteiger partial charge is 0.265 e. The van der Waals surface area contributed by atoms with Crippen LogP contribution in [0.15, 0.2) is 18.3 Å². The van der Waals surface area contributed by atoms with E-state index in [0.29, 0.717) is 11.4 Å². The fourth-order valence-corrected chi connectivity index (χ4v) is 2.39. The van der Waals surface area contributed by atoms with Gasteiger partial charge in [-0.15, -0.1) is 0 Å². The first-order chi connectivity index (χ1) is 9.44. The van der Waals surface area contributed by atoms with Gasteiger partial charge in [0.05, 0.1) is 5.56 Å². The van der Waals surface area contributed by atoms with Crippen molar-refractivity contribution in [1.29, 1.82) is 5.26 Å². The van der Waals surface area contributed by atoms with E-state index in [0.717, 1.165) is 19.4 Å². The molecular formula is C14H18BN3O2. The summed E-state index contributed by atoms with van der Waals surface area (Å²) >= 11 is 0. The minimum atomic E-state index is -0.959. The standard InChI is InChI=1S/C14H18BN3O2/c1-14(2,13(19)18-7-3-4-11(18)15)20-12-6-5-10(8-16)9-17-12/h5-6,9,11H,3-4,7,15H2,1-2H3/t11-/m1/s1. The second-order valence-corrected chi connectivity index (χ2v) is 5.60. The van der Waals surface area contributed by atoms with Gasteiger partial charge in [0, 0.05) is 18.8 Å². The van der Waals surface area contributed by atoms with Crippen LogP contribution in [0.4, 0.5) is 0 Å². The summed E-state index contributed by atoms with van der Waals surface area (Å²) in [5, 5.41) is 8.73. The van der Waals surface area contributed by atoms with Gasteiger partial charge in [-0.1, -0.05) is 0 Å². The molecule has 1 aromatic heterocycles. The highest BCUT2D eigenvalue weighted by molar-refractivity contribution is 6.13. The molecule has 6 heteroatoms. The van der Waals surface area contributed by atoms with Crippen molar-refractivity contribution >= 4 is 13.8 Å². The van der Waals surface area contributed by atoms with E-state index in [1.165, 1.54) is 6.20 Å². The van der Waals surface area contributed by atoms with Gasteiger partial charge in [-0.05, 0) is 38.7 Å². The van der Waals surface area contributed by atoms with Gasteiger partial charge >= 0.3 is 0 Å². The predicted octanol–water partition coefficient (Wildman–Crippen LogP) is 0.692. The Labute approximate surface area is 120 Å². The lowest BCUT2D eigenvalue weighted by atomic mass is 9.93. The Balaban J connectivity index is 2.09. The summed E-state index contributed by atoms with van der Waals surface area (Å²) in [5.74, 6) is 0.599. The molecule has 1 saturated heterocycles. The molecule has 0 radical (unpaired) electrons. The number of ether oxygens (including phenoxy) is 1. The van der Waals surface area contributed by atoms with Crippen molar-refractivity contribution in [2.75, 3.05) is 6.54 Å². The van der Waals surface area contributed by atoms with Crippen LogP contribution in [0.3, 0.4) is 0 Å². The summed E-state index contributed by atoms with van der Waals surface area (Å²) in [5.41, 5.74) is -0.491. The van der Waals surface area contributed by atoms with E-state index in [1.54, 1.807) is 26.0 Å². The maximum atomic E-state index is 12.5. The van der Waals surface area contributed by atoms with Crippen LogP contribution in [0.1, 0.15) is 32.3 Å². The van der Waals surface area contributed by atoms with Crippen molar-refractivity contribution in [3.8, 4) is 11.9 Å². The Morgan fingerprint density at radius 3 is 2.85 bits per heavy atom. The number of nitriles is 1. The molecule has 0 aliphatic carbocycles. The van der Waals surface area contributed by atoms with Crippen molar-refractivity contribution < 1.29 is 9.53 Å². The number of carbonyl (C=O) groups is 1. The molecule has 0 aromatic carbocycles. The molecule has 1 aliphatic heterocycles. The summed E-state index contributed by atoms with van der Waals surface area (Å²) in [7, 11) is 2.06. The molecule has 0 bridgehead atoms. The number of amides is 1. The number of carbonyl (C=O) groups excluding carboxylic acids is 1. The molecular weight excluding hydrogens is 253 g/mol. The van der Waals surface area contributed by atoms with Crippen LogP contribution in [0.2, 0.25) is 0 Å². The molecule has 20 heavy (non-hydrogen) atoms. The maximum absolute atomic E-state index is 12.5. The van der Waals surface area contributed by atoms with Crippen molar-refractivity contribution in [3.05, 3.63) is 23.9 Å². The van der Waals surface area contributed by atoms with Crippen molar-refractivity contribution in [2.45, 2.75) is 38.2 Å². The normalized spacial score (nSPS) is 18.6. The highest BCUT2D eigenvalue weighted by atomic mass is 16.5. The third kappa shape index (κ3) is 2.93. The molecule has 1 atom stereocenters. The first-order valence-electron chi connectivity index (χ1n) is 6.80. The first kappa shape index (κ1) is 14.4. The lowest BCUT2D eigenvalue weighted by Gasteiger charge is -2.32. The Bertz CT molecular complexity index is 536. The van der Waals surface area contributed by atoms with Gasteiger partial charge in [-0.3, -0.25) is 4.79 Å². The number of likely N-dealkylation sites (tertiary alicyclic amines) is 1. The van der Waals surface area contributed by atoms with Crippen LogP contribution < -0.4 is 4.74 Å². The fraction of sp³-hybridized carbons (Fsp3) is 0.500. The SMILES string of the molecule is B[C@H]1CCCN1C(=O)C(C)(C)Oc1ccc(C#N)cn1. The molecule has 0 spiro atoms. The monoisotopic (exact) mass is 271 g/mol. The molecule has 0 saturated carbocycles. The Morgan fingerprint density at radius 2 is 2.35 bits per heavy atom. The Hall–Kier alpha value is -2.03. The summed E-state index contributed by atoms with van der Waals surface area (Å²) < 4.78 is 5.71. The quantitative estimate of drug-likeness (QED) is 0.759. The average Bonchev–Trinajstić information content (AvgIpc) is 2.84. The lowest BCUT2D eigenvalue weighted by molar-refractivity contribution is -0.145. The van der Waals surface area contributed by atoms with E-state index in [1.807, 2.05) is 11.0 Å². The molecule has 2 rings (SSSR count). The second-order valence-electron chi connectivity index (χ2n) is 5.60. The summed E-state index contributed by atoms with van der Waals surface area (Å²) in [6, 6.07) is 5.24. The van der Waals surface area contributed by atoms with Crippen LogP contribution in [-0.2, 0) is 4.79 Å². The number of aromatic nitrogens is 1. The lowest BCUT2D eigenvalue weighted by Crippen LogP contribution is -2.50. The minimum absolute atomic E-state index is 0.0198. The Kier molecular flexibility index (Phi) is 3.98. The predicted molar refractivity (Wildman–Crippen MR) is 76.9 cm³/mol. The summed E-state index contributed by atoms with van der Waals surface area (Å²) in [4.78, 5) is 18.4. The van der Waals surface area contributed by atoms with Crippen LogP contribution in [0.5, 0.6) is 5.88 Å². The van der Waals surface area contributed by atoms with E-state index in [9.17, 15) is 4.79 Å². The van der Waals surface area contributed by atoms with E-state index in [-0.39, 0.29) is 11.8 Å². The molecule has 0 unspecified atom stereocenters. The molecule has 1 aliphatic rings. The van der Waals surface area contributed by atoms with Gasteiger partial charge in [-0.25, -0.2) is 4.98 Å². The third-order valence-corrected chi connectivity index (χ3v) is 3.55. The topological polar surface area (TPSA) is 66.2 Å². The first-order valence-corrected chi connectivity index (χ1v) is 6.80. The van der Waals surface area contributed by atoms with E-state index in [2.05, 4.69) is 12.8 Å². The van der Waals surface area contributed by atoms with Gasteiger partial charge in [0.25, 0.3) is 5.91 Å². The van der Waals surface area contributed by atoms with Gasteiger partial charge in [0.1, 0.15) is 13.9 Å². The largest absolute Gasteiger partial charge is 0.462 e. The molecule has 1 aromatic rings. The zero-order chi connectivity index (χ0) is 14.8. The van der Waals surface area contributed by atoms with Gasteiger partial charge in [0.15, 0.2) is 5.60 Å². The molecule has 104 valence electrons. The van der Waals surface area contributed by atoms with Crippen molar-refractivity contribution in [2.24, 2.45) is 0 Å². The van der Waals surface area contributed by atoms with Crippen molar-refractivity contribution in [3.63, 3.8) is 0 Å². The number of nitrogens with zero attached hydrogens (tertiary/aromatic N) is 3. The van der Waals surface area contributed by atoms with Crippen LogP contribution in [0, 0.1) is 11.3 Å². The molecule has 2 heterocycles. The molecule has 1 fully saturated rings. The zero-order valence-electron chi connectivity index (χ0n) is 12.1. The molecule has 0 N–H and O–H groups in total. The fourth-order valence-electron chi connectivity index (χ4n) is 2.39. The minimum Gasteiger partial charge on any atom is -0.462 e.